The molecule has 1 unspecified atom stereocenters. The summed E-state index contributed by atoms with van der Waals surface area (Å²) in [6.07, 6.45) is 1.10. The topological polar surface area (TPSA) is 84.9 Å². The van der Waals surface area contributed by atoms with Crippen LogP contribution in [0.2, 0.25) is 0 Å². The van der Waals surface area contributed by atoms with E-state index in [1.54, 1.807) is 13.0 Å². The van der Waals surface area contributed by atoms with Crippen LogP contribution in [0.15, 0.2) is 43.0 Å². The van der Waals surface area contributed by atoms with Crippen molar-refractivity contribution in [3.63, 3.8) is 0 Å². The zero-order valence-electron chi connectivity index (χ0n) is 12.4. The number of hydrogen-bond donors (Lipinski definition) is 2. The fourth-order valence-corrected chi connectivity index (χ4v) is 4.08. The number of amides is 1. The van der Waals surface area contributed by atoms with Crippen LogP contribution in [0.4, 0.5) is 4.79 Å². The maximum Gasteiger partial charge on any atom is 0.408 e. The molecule has 0 saturated heterocycles. The minimum Gasteiger partial charge on any atom is -0.445 e. The average molecular weight is 325 g/mol. The normalized spacial score (nSPS) is 25.8. The van der Waals surface area contributed by atoms with E-state index in [-0.39, 0.29) is 19.1 Å². The van der Waals surface area contributed by atoms with Crippen molar-refractivity contribution >= 4 is 13.7 Å². The molecule has 0 aromatic heterocycles. The molecule has 6 nitrogen and oxygen atoms in total. The Morgan fingerprint density at radius 3 is 2.77 bits per heavy atom. The second-order valence-corrected chi connectivity index (χ2v) is 7.19. The van der Waals surface area contributed by atoms with Gasteiger partial charge in [0.15, 0.2) is 5.28 Å². The predicted octanol–water partition coefficient (Wildman–Crippen LogP) is 3.04. The first kappa shape index (κ1) is 16.7. The Kier molecular flexibility index (Phi) is 5.06. The summed E-state index contributed by atoms with van der Waals surface area (Å²) in [7, 11) is -3.99. The molecule has 1 saturated carbocycles. The SMILES string of the molecule is C=C[C@@H]1C[C@]1(NC(=O)OCc1ccccc1)P(=O)(O)OCC. The highest BCUT2D eigenvalue weighted by molar-refractivity contribution is 7.55. The summed E-state index contributed by atoms with van der Waals surface area (Å²) in [5.74, 6) is -0.306. The van der Waals surface area contributed by atoms with E-state index in [2.05, 4.69) is 11.9 Å². The van der Waals surface area contributed by atoms with Crippen LogP contribution < -0.4 is 5.32 Å². The van der Waals surface area contributed by atoms with Gasteiger partial charge in [-0.2, -0.15) is 0 Å². The number of carbonyl (C=O) groups is 1. The van der Waals surface area contributed by atoms with Gasteiger partial charge in [-0.1, -0.05) is 36.4 Å². The van der Waals surface area contributed by atoms with Gasteiger partial charge < -0.3 is 19.5 Å². The summed E-state index contributed by atoms with van der Waals surface area (Å²) < 4.78 is 22.3. The van der Waals surface area contributed by atoms with Crippen LogP contribution in [0.5, 0.6) is 0 Å². The first-order chi connectivity index (χ1) is 10.4. The Morgan fingerprint density at radius 2 is 2.23 bits per heavy atom. The molecule has 0 radical (unpaired) electrons. The van der Waals surface area contributed by atoms with Gasteiger partial charge in [-0.05, 0) is 18.9 Å². The molecule has 2 rings (SSSR count). The predicted molar refractivity (Wildman–Crippen MR) is 82.2 cm³/mol. The standard InChI is InChI=1S/C15H20NO5P/c1-3-13-10-15(13,22(18,19)21-4-2)16-14(17)20-11-12-8-6-5-7-9-12/h3,5-9,13H,1,4,10-11H2,2H3,(H,16,17)(H,18,19)/t13-,15+/m1/s1. The number of benzene rings is 1. The summed E-state index contributed by atoms with van der Waals surface area (Å²) in [5.41, 5.74) is 0.833. The van der Waals surface area contributed by atoms with Gasteiger partial charge >= 0.3 is 13.7 Å². The third kappa shape index (κ3) is 3.40. The third-order valence-corrected chi connectivity index (χ3v) is 5.85. The molecule has 22 heavy (non-hydrogen) atoms. The highest BCUT2D eigenvalue weighted by Crippen LogP contribution is 2.69. The van der Waals surface area contributed by atoms with Gasteiger partial charge in [-0.3, -0.25) is 4.57 Å². The Morgan fingerprint density at radius 1 is 1.55 bits per heavy atom. The number of nitrogens with one attached hydrogen (secondary N) is 1. The monoisotopic (exact) mass is 325 g/mol. The molecule has 1 aliphatic rings. The number of ether oxygens (including phenoxy) is 1. The molecule has 1 amide bonds. The molecule has 0 aliphatic heterocycles. The lowest BCUT2D eigenvalue weighted by Crippen LogP contribution is -2.39. The fourth-order valence-electron chi connectivity index (χ4n) is 2.32. The van der Waals surface area contributed by atoms with Gasteiger partial charge in [-0.15, -0.1) is 6.58 Å². The maximum absolute atomic E-state index is 12.3. The molecule has 2 N–H and O–H groups in total. The minimum atomic E-state index is -3.99. The lowest BCUT2D eigenvalue weighted by atomic mass is 10.2. The van der Waals surface area contributed by atoms with Crippen LogP contribution >= 0.6 is 7.60 Å². The summed E-state index contributed by atoms with van der Waals surface area (Å²) in [4.78, 5) is 22.0. The van der Waals surface area contributed by atoms with Crippen LogP contribution in [0, 0.1) is 5.92 Å². The third-order valence-electron chi connectivity index (χ3n) is 3.61. The van der Waals surface area contributed by atoms with E-state index in [0.29, 0.717) is 6.42 Å². The zero-order valence-corrected chi connectivity index (χ0v) is 13.3. The van der Waals surface area contributed by atoms with Crippen LogP contribution in [0.1, 0.15) is 18.9 Å². The summed E-state index contributed by atoms with van der Waals surface area (Å²) in [6.45, 7) is 5.41. The van der Waals surface area contributed by atoms with E-state index in [1.807, 2.05) is 30.3 Å². The van der Waals surface area contributed by atoms with E-state index in [4.69, 9.17) is 9.26 Å². The number of hydrogen-bond acceptors (Lipinski definition) is 4. The van der Waals surface area contributed by atoms with Crippen LogP contribution in [0.25, 0.3) is 0 Å². The molecule has 3 atom stereocenters. The van der Waals surface area contributed by atoms with Crippen molar-refractivity contribution in [1.29, 1.82) is 0 Å². The molecule has 1 aliphatic carbocycles. The van der Waals surface area contributed by atoms with Gasteiger partial charge in [0.05, 0.1) is 6.61 Å². The van der Waals surface area contributed by atoms with E-state index in [0.717, 1.165) is 5.56 Å². The Balaban J connectivity index is 1.99. The smallest absolute Gasteiger partial charge is 0.408 e. The summed E-state index contributed by atoms with van der Waals surface area (Å²) >= 11 is 0. The van der Waals surface area contributed by atoms with E-state index >= 15 is 0 Å². The molecular formula is C15H20NO5P. The van der Waals surface area contributed by atoms with Crippen LogP contribution in [-0.4, -0.2) is 22.9 Å². The van der Waals surface area contributed by atoms with Crippen molar-refractivity contribution in [2.75, 3.05) is 6.61 Å². The summed E-state index contributed by atoms with van der Waals surface area (Å²) in [6, 6.07) is 9.18. The molecule has 0 heterocycles. The first-order valence-electron chi connectivity index (χ1n) is 7.04. The lowest BCUT2D eigenvalue weighted by Gasteiger charge is -2.23. The van der Waals surface area contributed by atoms with E-state index in [9.17, 15) is 14.3 Å². The molecule has 1 aromatic carbocycles. The van der Waals surface area contributed by atoms with Gasteiger partial charge in [0.2, 0.25) is 0 Å². The molecule has 1 fully saturated rings. The number of carbonyl (C=O) groups excluding carboxylic acids is 1. The first-order valence-corrected chi connectivity index (χ1v) is 8.62. The molecule has 7 heteroatoms. The van der Waals surface area contributed by atoms with Gasteiger partial charge in [-0.25, -0.2) is 4.79 Å². The largest absolute Gasteiger partial charge is 0.445 e. The van der Waals surface area contributed by atoms with Crippen molar-refractivity contribution in [1.82, 2.24) is 5.32 Å². The second-order valence-electron chi connectivity index (χ2n) is 5.10. The van der Waals surface area contributed by atoms with Crippen molar-refractivity contribution < 1.29 is 23.5 Å². The molecule has 1 aromatic rings. The van der Waals surface area contributed by atoms with Gasteiger partial charge in [0, 0.05) is 5.92 Å². The summed E-state index contributed by atoms with van der Waals surface area (Å²) in [5, 5.41) is 1.17. The van der Waals surface area contributed by atoms with Crippen molar-refractivity contribution in [2.24, 2.45) is 5.92 Å². The molecule has 0 spiro atoms. The average Bonchev–Trinajstić information content (AvgIpc) is 3.21. The molecule has 120 valence electrons. The molecule has 0 bridgehead atoms. The number of alkyl carbamates (subject to hydrolysis) is 1. The van der Waals surface area contributed by atoms with E-state index in [1.165, 1.54) is 0 Å². The quantitative estimate of drug-likeness (QED) is 0.594. The zero-order chi connectivity index (χ0) is 16.2. The Hall–Kier alpha value is -1.62. The highest BCUT2D eigenvalue weighted by Gasteiger charge is 2.67. The Labute approximate surface area is 129 Å². The number of rotatable bonds is 7. The Bertz CT molecular complexity index is 591. The van der Waals surface area contributed by atoms with Crippen molar-refractivity contribution in [3.05, 3.63) is 48.6 Å². The lowest BCUT2D eigenvalue weighted by molar-refractivity contribution is 0.134. The van der Waals surface area contributed by atoms with Gasteiger partial charge in [0.1, 0.15) is 6.61 Å². The maximum atomic E-state index is 12.3. The highest BCUT2D eigenvalue weighted by atomic mass is 31.2. The fraction of sp³-hybridized carbons (Fsp3) is 0.400. The van der Waals surface area contributed by atoms with E-state index < -0.39 is 19.0 Å². The van der Waals surface area contributed by atoms with Crippen molar-refractivity contribution in [2.45, 2.75) is 25.2 Å². The molecular weight excluding hydrogens is 305 g/mol. The minimum absolute atomic E-state index is 0.0835. The van der Waals surface area contributed by atoms with Crippen LogP contribution in [-0.2, 0) is 20.4 Å². The van der Waals surface area contributed by atoms with Gasteiger partial charge in [0.25, 0.3) is 0 Å². The van der Waals surface area contributed by atoms with Crippen LogP contribution in [0.3, 0.4) is 0 Å². The second kappa shape index (κ2) is 6.65. The van der Waals surface area contributed by atoms with Crippen molar-refractivity contribution in [3.8, 4) is 0 Å².